The molecule has 3 N–H and O–H groups in total. The first-order valence-corrected chi connectivity index (χ1v) is 9.24. The van der Waals surface area contributed by atoms with Crippen molar-refractivity contribution in [1.29, 1.82) is 0 Å². The average Bonchev–Trinajstić information content (AvgIpc) is 2.72. The number of nitrogens with zero attached hydrogens (tertiary/aromatic N) is 2. The van der Waals surface area contributed by atoms with E-state index in [1.54, 1.807) is 36.4 Å². The van der Waals surface area contributed by atoms with Gasteiger partial charge < -0.3 is 20.5 Å². The van der Waals surface area contributed by atoms with Gasteiger partial charge in [0.1, 0.15) is 0 Å². The largest absolute Gasteiger partial charge is 0.493 e. The third-order valence-electron chi connectivity index (χ3n) is 4.32. The van der Waals surface area contributed by atoms with Crippen molar-refractivity contribution < 1.29 is 19.1 Å². The highest BCUT2D eigenvalue weighted by molar-refractivity contribution is 6.11. The van der Waals surface area contributed by atoms with Crippen molar-refractivity contribution in [3.8, 4) is 11.5 Å². The first kappa shape index (κ1) is 20.8. The molecule has 0 saturated heterocycles. The predicted molar refractivity (Wildman–Crippen MR) is 112 cm³/mol. The Morgan fingerprint density at radius 2 is 1.83 bits per heavy atom. The Labute approximate surface area is 172 Å². The van der Waals surface area contributed by atoms with E-state index in [1.165, 1.54) is 17.9 Å². The van der Waals surface area contributed by atoms with Crippen LogP contribution in [0.1, 0.15) is 30.4 Å². The molecule has 9 heteroatoms. The summed E-state index contributed by atoms with van der Waals surface area (Å²) in [6.07, 6.45) is 0. The second-order valence-corrected chi connectivity index (χ2v) is 6.81. The number of primary amides is 1. The zero-order valence-corrected chi connectivity index (χ0v) is 16.8. The Bertz CT molecular complexity index is 1170. The minimum atomic E-state index is -0.641. The number of nitrogens with one attached hydrogen (secondary N) is 1. The summed E-state index contributed by atoms with van der Waals surface area (Å²) in [5.41, 5.74) is 5.38. The van der Waals surface area contributed by atoms with Gasteiger partial charge in [-0.1, -0.05) is 18.2 Å². The maximum Gasteiger partial charge on any atom is 0.276 e. The number of ether oxygens (including phenoxy) is 2. The normalized spacial score (nSPS) is 10.8. The number of fused-ring (bicyclic) bond motifs is 1. The number of carbonyl (C=O) groups is 2. The van der Waals surface area contributed by atoms with E-state index in [0.717, 1.165) is 0 Å². The van der Waals surface area contributed by atoms with Crippen LogP contribution in [0.25, 0.3) is 10.8 Å². The molecule has 0 aliphatic heterocycles. The zero-order chi connectivity index (χ0) is 21.8. The van der Waals surface area contributed by atoms with Crippen LogP contribution in [-0.4, -0.2) is 35.3 Å². The molecule has 3 aromatic rings. The molecule has 0 spiro atoms. The Hall–Kier alpha value is -3.88. The molecular weight excluding hydrogens is 388 g/mol. The van der Waals surface area contributed by atoms with Gasteiger partial charge in [-0.2, -0.15) is 5.10 Å². The summed E-state index contributed by atoms with van der Waals surface area (Å²) in [6, 6.07) is 11.3. The lowest BCUT2D eigenvalue weighted by molar-refractivity contribution is -0.119. The number of benzene rings is 2. The van der Waals surface area contributed by atoms with Crippen molar-refractivity contribution >= 4 is 28.3 Å². The summed E-state index contributed by atoms with van der Waals surface area (Å²) in [4.78, 5) is 36.7. The van der Waals surface area contributed by atoms with Crippen LogP contribution in [0.2, 0.25) is 0 Å². The monoisotopic (exact) mass is 410 g/mol. The van der Waals surface area contributed by atoms with E-state index < -0.39 is 11.8 Å². The number of amides is 2. The third kappa shape index (κ3) is 4.24. The fourth-order valence-corrected chi connectivity index (χ4v) is 2.93. The molecule has 3 rings (SSSR count). The lowest BCUT2D eigenvalue weighted by Gasteiger charge is -2.14. The number of methoxy groups -OCH3 is 1. The van der Waals surface area contributed by atoms with Crippen molar-refractivity contribution in [2.45, 2.75) is 19.9 Å². The number of hydrogen-bond acceptors (Lipinski definition) is 6. The molecule has 0 saturated carbocycles. The Balaban J connectivity index is 1.99. The predicted octanol–water partition coefficient (Wildman–Crippen LogP) is 2.10. The van der Waals surface area contributed by atoms with E-state index in [-0.39, 0.29) is 29.7 Å². The van der Waals surface area contributed by atoms with E-state index in [2.05, 4.69) is 10.4 Å². The van der Waals surface area contributed by atoms with Crippen molar-refractivity contribution in [2.75, 3.05) is 19.0 Å². The zero-order valence-electron chi connectivity index (χ0n) is 16.8. The molecule has 30 heavy (non-hydrogen) atoms. The summed E-state index contributed by atoms with van der Waals surface area (Å²) in [7, 11) is 1.45. The van der Waals surface area contributed by atoms with E-state index in [1.807, 2.05) is 13.8 Å². The molecule has 0 aliphatic rings. The van der Waals surface area contributed by atoms with Crippen LogP contribution >= 0.6 is 0 Å². The minimum absolute atomic E-state index is 0.120. The van der Waals surface area contributed by atoms with E-state index in [0.29, 0.717) is 22.2 Å². The van der Waals surface area contributed by atoms with Crippen molar-refractivity contribution in [1.82, 2.24) is 9.78 Å². The first-order valence-electron chi connectivity index (χ1n) is 9.24. The minimum Gasteiger partial charge on any atom is -0.493 e. The first-order chi connectivity index (χ1) is 14.3. The number of anilines is 1. The number of rotatable bonds is 7. The van der Waals surface area contributed by atoms with Crippen LogP contribution in [0.4, 0.5) is 5.69 Å². The Kier molecular flexibility index (Phi) is 6.01. The molecule has 0 bridgehead atoms. The molecule has 2 aromatic carbocycles. The summed E-state index contributed by atoms with van der Waals surface area (Å²) < 4.78 is 11.8. The second kappa shape index (κ2) is 8.64. The Morgan fingerprint density at radius 1 is 1.13 bits per heavy atom. The third-order valence-corrected chi connectivity index (χ3v) is 4.32. The molecule has 0 fully saturated rings. The molecule has 1 aromatic heterocycles. The van der Waals surface area contributed by atoms with Gasteiger partial charge in [0.05, 0.1) is 18.5 Å². The highest BCUT2D eigenvalue weighted by Crippen LogP contribution is 2.30. The molecule has 2 amide bonds. The van der Waals surface area contributed by atoms with Crippen LogP contribution in [0, 0.1) is 0 Å². The molecule has 0 aliphatic carbocycles. The van der Waals surface area contributed by atoms with Gasteiger partial charge in [0.25, 0.3) is 17.4 Å². The van der Waals surface area contributed by atoms with Gasteiger partial charge in [0, 0.05) is 17.1 Å². The van der Waals surface area contributed by atoms with Crippen LogP contribution in [0.15, 0.2) is 47.3 Å². The van der Waals surface area contributed by atoms with Gasteiger partial charge >= 0.3 is 0 Å². The standard InChI is InChI=1S/C21H22N4O5/c1-12(2)25-21(28)15-7-5-4-6-14(15)19(24-25)20(27)23-13-8-9-16(29-3)17(10-13)30-11-18(22)26/h4-10,12H,11H2,1-3H3,(H2,22,26)(H,23,27). The molecule has 156 valence electrons. The lowest BCUT2D eigenvalue weighted by atomic mass is 10.1. The van der Waals surface area contributed by atoms with Crippen LogP contribution in [0.3, 0.4) is 0 Å². The van der Waals surface area contributed by atoms with E-state index in [4.69, 9.17) is 15.2 Å². The van der Waals surface area contributed by atoms with Gasteiger partial charge in [-0.15, -0.1) is 0 Å². The Morgan fingerprint density at radius 3 is 2.47 bits per heavy atom. The molecule has 1 heterocycles. The smallest absolute Gasteiger partial charge is 0.276 e. The topological polar surface area (TPSA) is 126 Å². The second-order valence-electron chi connectivity index (χ2n) is 6.81. The van der Waals surface area contributed by atoms with Crippen LogP contribution in [-0.2, 0) is 4.79 Å². The van der Waals surface area contributed by atoms with E-state index >= 15 is 0 Å². The van der Waals surface area contributed by atoms with Crippen molar-refractivity contribution in [3.63, 3.8) is 0 Å². The van der Waals surface area contributed by atoms with E-state index in [9.17, 15) is 14.4 Å². The van der Waals surface area contributed by atoms with Gasteiger partial charge in [-0.25, -0.2) is 4.68 Å². The molecule has 9 nitrogen and oxygen atoms in total. The lowest BCUT2D eigenvalue weighted by Crippen LogP contribution is -2.28. The SMILES string of the molecule is COc1ccc(NC(=O)c2nn(C(C)C)c(=O)c3ccccc23)cc1OCC(N)=O. The molecule has 0 unspecified atom stereocenters. The van der Waals surface area contributed by atoms with Crippen molar-refractivity contribution in [3.05, 3.63) is 58.5 Å². The maximum absolute atomic E-state index is 13.0. The quantitative estimate of drug-likeness (QED) is 0.614. The summed E-state index contributed by atoms with van der Waals surface area (Å²) >= 11 is 0. The van der Waals surface area contributed by atoms with Crippen LogP contribution in [0.5, 0.6) is 11.5 Å². The summed E-state index contributed by atoms with van der Waals surface area (Å²) in [5, 5.41) is 7.90. The van der Waals surface area contributed by atoms with Gasteiger partial charge in [-0.3, -0.25) is 14.4 Å². The number of hydrogen-bond donors (Lipinski definition) is 2. The van der Waals surface area contributed by atoms with Crippen molar-refractivity contribution in [2.24, 2.45) is 5.73 Å². The average molecular weight is 410 g/mol. The fourth-order valence-electron chi connectivity index (χ4n) is 2.93. The number of carbonyl (C=O) groups excluding carboxylic acids is 2. The summed E-state index contributed by atoms with van der Waals surface area (Å²) in [5.74, 6) is -0.505. The highest BCUT2D eigenvalue weighted by atomic mass is 16.5. The summed E-state index contributed by atoms with van der Waals surface area (Å²) in [6.45, 7) is 3.30. The molecule has 0 radical (unpaired) electrons. The van der Waals surface area contributed by atoms with Gasteiger partial charge in [0.2, 0.25) is 0 Å². The fraction of sp³-hybridized carbons (Fsp3) is 0.238. The molecular formula is C21H22N4O5. The van der Waals surface area contributed by atoms with Crippen LogP contribution < -0.4 is 26.1 Å². The van der Waals surface area contributed by atoms with Gasteiger partial charge in [0.15, 0.2) is 23.8 Å². The number of nitrogens with two attached hydrogens (primary N) is 1. The highest BCUT2D eigenvalue weighted by Gasteiger charge is 2.18. The molecule has 0 atom stereocenters. The van der Waals surface area contributed by atoms with Gasteiger partial charge in [-0.05, 0) is 32.0 Å². The number of aromatic nitrogens is 2. The maximum atomic E-state index is 13.0.